The molecule has 0 aromatic heterocycles. The largest absolute Gasteiger partial charge is 0.486 e. The van der Waals surface area contributed by atoms with Crippen LogP contribution in [0.25, 0.3) is 0 Å². The van der Waals surface area contributed by atoms with Gasteiger partial charge in [0.05, 0.1) is 17.9 Å². The van der Waals surface area contributed by atoms with Gasteiger partial charge in [-0.3, -0.25) is 9.59 Å². The summed E-state index contributed by atoms with van der Waals surface area (Å²) >= 11 is 6.39. The zero-order valence-electron chi connectivity index (χ0n) is 19.5. The highest BCUT2D eigenvalue weighted by molar-refractivity contribution is 6.32. The van der Waals surface area contributed by atoms with Crippen molar-refractivity contribution in [3.8, 4) is 5.75 Å². The van der Waals surface area contributed by atoms with E-state index in [4.69, 9.17) is 16.3 Å². The summed E-state index contributed by atoms with van der Waals surface area (Å²) in [6, 6.07) is 21.7. The molecule has 0 unspecified atom stereocenters. The van der Waals surface area contributed by atoms with Gasteiger partial charge in [0.15, 0.2) is 5.78 Å². The van der Waals surface area contributed by atoms with E-state index >= 15 is 0 Å². The van der Waals surface area contributed by atoms with Crippen LogP contribution in [0.2, 0.25) is 5.02 Å². The first-order valence-corrected chi connectivity index (χ1v) is 12.2. The van der Waals surface area contributed by atoms with Crippen LogP contribution < -0.4 is 4.74 Å². The fourth-order valence-corrected chi connectivity index (χ4v) is 5.51. The molecule has 5 heteroatoms. The number of aryl methyl sites for hydroxylation is 1. The van der Waals surface area contributed by atoms with Gasteiger partial charge in [0.2, 0.25) is 5.91 Å². The van der Waals surface area contributed by atoms with Gasteiger partial charge in [0, 0.05) is 31.0 Å². The molecule has 1 fully saturated rings. The number of Topliss-reactive ketones (excluding diaryl/α,β-unsaturated/α-hetero) is 1. The lowest BCUT2D eigenvalue weighted by Crippen LogP contribution is -2.53. The molecule has 0 aliphatic carbocycles. The van der Waals surface area contributed by atoms with E-state index < -0.39 is 5.60 Å². The second kappa shape index (κ2) is 8.92. The fraction of sp³-hybridized carbons (Fsp3) is 0.310. The average Bonchev–Trinajstić information content (AvgIpc) is 2.84. The van der Waals surface area contributed by atoms with E-state index in [2.05, 4.69) is 0 Å². The number of likely N-dealkylation sites (tertiary alicyclic amines) is 1. The Labute approximate surface area is 205 Å². The van der Waals surface area contributed by atoms with Crippen molar-refractivity contribution in [3.05, 3.63) is 99.6 Å². The summed E-state index contributed by atoms with van der Waals surface area (Å²) in [5.41, 5.74) is 3.71. The number of ether oxygens (including phenoxy) is 1. The molecule has 174 valence electrons. The van der Waals surface area contributed by atoms with Crippen LogP contribution in [-0.4, -0.2) is 35.3 Å². The Morgan fingerprint density at radius 1 is 0.971 bits per heavy atom. The first-order chi connectivity index (χ1) is 16.4. The third-order valence-electron chi connectivity index (χ3n) is 7.23. The summed E-state index contributed by atoms with van der Waals surface area (Å²) in [6.45, 7) is 4.92. The lowest BCUT2D eigenvalue weighted by atomic mass is 9.80. The van der Waals surface area contributed by atoms with Crippen LogP contribution in [0.4, 0.5) is 0 Å². The Balaban J connectivity index is 1.38. The minimum absolute atomic E-state index is 0.0758. The van der Waals surface area contributed by atoms with Gasteiger partial charge in [-0.05, 0) is 42.2 Å². The van der Waals surface area contributed by atoms with Crippen molar-refractivity contribution in [1.29, 1.82) is 0 Å². The fourth-order valence-electron chi connectivity index (χ4n) is 5.36. The molecule has 0 radical (unpaired) electrons. The first kappa shape index (κ1) is 22.7. The van der Waals surface area contributed by atoms with E-state index in [0.717, 1.165) is 22.3 Å². The number of fused-ring (bicyclic) bond motifs is 1. The number of hydrogen-bond donors (Lipinski definition) is 0. The minimum atomic E-state index is -0.567. The van der Waals surface area contributed by atoms with E-state index in [1.165, 1.54) is 0 Å². The Hall–Kier alpha value is -3.11. The van der Waals surface area contributed by atoms with Crippen LogP contribution >= 0.6 is 11.6 Å². The molecule has 3 aromatic rings. The summed E-state index contributed by atoms with van der Waals surface area (Å²) < 4.78 is 6.49. The van der Waals surface area contributed by atoms with Gasteiger partial charge < -0.3 is 9.64 Å². The second-order valence-electron chi connectivity index (χ2n) is 9.47. The molecule has 1 amide bonds. The molecule has 2 aliphatic heterocycles. The molecule has 0 atom stereocenters. The van der Waals surface area contributed by atoms with Crippen molar-refractivity contribution in [1.82, 2.24) is 4.90 Å². The van der Waals surface area contributed by atoms with Gasteiger partial charge in [0.1, 0.15) is 11.4 Å². The monoisotopic (exact) mass is 473 g/mol. The predicted molar refractivity (Wildman–Crippen MR) is 134 cm³/mol. The molecule has 0 N–H and O–H groups in total. The van der Waals surface area contributed by atoms with E-state index in [1.807, 2.05) is 85.5 Å². The Bertz CT molecular complexity index is 1190. The third kappa shape index (κ3) is 4.01. The number of carbonyl (C=O) groups is 2. The van der Waals surface area contributed by atoms with Gasteiger partial charge in [-0.25, -0.2) is 0 Å². The number of nitrogens with zero attached hydrogens (tertiary/aromatic N) is 1. The molecule has 2 aliphatic rings. The molecule has 0 saturated carbocycles. The second-order valence-corrected chi connectivity index (χ2v) is 9.85. The molecule has 2 heterocycles. The highest BCUT2D eigenvalue weighted by Gasteiger charge is 2.45. The summed E-state index contributed by atoms with van der Waals surface area (Å²) in [7, 11) is 0. The summed E-state index contributed by atoms with van der Waals surface area (Å²) in [5, 5.41) is 0.625. The first-order valence-electron chi connectivity index (χ1n) is 11.8. The maximum absolute atomic E-state index is 13.8. The lowest BCUT2D eigenvalue weighted by Gasteiger charge is -2.45. The highest BCUT2D eigenvalue weighted by Crippen LogP contribution is 2.43. The van der Waals surface area contributed by atoms with E-state index in [-0.39, 0.29) is 17.6 Å². The normalized spacial score (nSPS) is 16.9. The van der Waals surface area contributed by atoms with Crippen molar-refractivity contribution >= 4 is 23.3 Å². The SMILES string of the molecule is Cc1cc2c(c(C)c1Cl)C(=O)CC1(CCN(C(=O)C(c3ccccc3)c3ccccc3)CC1)O2. The highest BCUT2D eigenvalue weighted by atomic mass is 35.5. The van der Waals surface area contributed by atoms with Crippen LogP contribution in [0.5, 0.6) is 5.75 Å². The van der Waals surface area contributed by atoms with Crippen LogP contribution in [0.15, 0.2) is 66.7 Å². The third-order valence-corrected chi connectivity index (χ3v) is 7.81. The van der Waals surface area contributed by atoms with Gasteiger partial charge >= 0.3 is 0 Å². The summed E-state index contributed by atoms with van der Waals surface area (Å²) in [6.07, 6.45) is 1.57. The summed E-state index contributed by atoms with van der Waals surface area (Å²) in [5.74, 6) is 0.445. The van der Waals surface area contributed by atoms with Crippen molar-refractivity contribution < 1.29 is 14.3 Å². The van der Waals surface area contributed by atoms with Crippen molar-refractivity contribution in [3.63, 3.8) is 0 Å². The Morgan fingerprint density at radius 3 is 2.09 bits per heavy atom. The number of ketones is 1. The molecular weight excluding hydrogens is 446 g/mol. The quantitative estimate of drug-likeness (QED) is 0.460. The number of benzene rings is 3. The zero-order valence-corrected chi connectivity index (χ0v) is 20.3. The average molecular weight is 474 g/mol. The molecule has 3 aromatic carbocycles. The Morgan fingerprint density at radius 2 is 1.53 bits per heavy atom. The van der Waals surface area contributed by atoms with Crippen LogP contribution in [-0.2, 0) is 4.79 Å². The Kier molecular flexibility index (Phi) is 5.95. The van der Waals surface area contributed by atoms with Crippen molar-refractivity contribution in [2.75, 3.05) is 13.1 Å². The summed E-state index contributed by atoms with van der Waals surface area (Å²) in [4.78, 5) is 28.8. The van der Waals surface area contributed by atoms with Gasteiger partial charge in [-0.2, -0.15) is 0 Å². The maximum Gasteiger partial charge on any atom is 0.234 e. The van der Waals surface area contributed by atoms with E-state index in [0.29, 0.717) is 48.7 Å². The molecule has 34 heavy (non-hydrogen) atoms. The molecule has 5 rings (SSSR count). The van der Waals surface area contributed by atoms with Crippen LogP contribution in [0.3, 0.4) is 0 Å². The van der Waals surface area contributed by atoms with Crippen LogP contribution in [0.1, 0.15) is 57.8 Å². The standard InChI is InChI=1S/C29H28ClNO3/c1-19-17-24-25(20(2)27(19)30)23(32)18-29(34-24)13-15-31(16-14-29)28(33)26(21-9-5-3-6-10-21)22-11-7-4-8-12-22/h3-12,17,26H,13-16,18H2,1-2H3. The van der Waals surface area contributed by atoms with Crippen LogP contribution in [0, 0.1) is 13.8 Å². The molecule has 4 nitrogen and oxygen atoms in total. The minimum Gasteiger partial charge on any atom is -0.486 e. The molecule has 1 spiro atoms. The predicted octanol–water partition coefficient (Wildman–Crippen LogP) is 6.12. The number of carbonyl (C=O) groups excluding carboxylic acids is 2. The molecule has 0 bridgehead atoms. The smallest absolute Gasteiger partial charge is 0.234 e. The number of halogens is 1. The van der Waals surface area contributed by atoms with E-state index in [1.54, 1.807) is 0 Å². The van der Waals surface area contributed by atoms with Gasteiger partial charge in [-0.15, -0.1) is 0 Å². The topological polar surface area (TPSA) is 46.6 Å². The molecule has 1 saturated heterocycles. The van der Waals surface area contributed by atoms with Crippen molar-refractivity contribution in [2.45, 2.75) is 44.6 Å². The number of piperidine rings is 1. The number of hydrogen-bond acceptors (Lipinski definition) is 3. The number of rotatable bonds is 3. The molecular formula is C29H28ClNO3. The van der Waals surface area contributed by atoms with Gasteiger partial charge in [0.25, 0.3) is 0 Å². The van der Waals surface area contributed by atoms with Gasteiger partial charge in [-0.1, -0.05) is 72.3 Å². The van der Waals surface area contributed by atoms with Crippen molar-refractivity contribution in [2.24, 2.45) is 0 Å². The van der Waals surface area contributed by atoms with E-state index in [9.17, 15) is 9.59 Å². The number of amides is 1. The zero-order chi connectivity index (χ0) is 23.9. The lowest BCUT2D eigenvalue weighted by molar-refractivity contribution is -0.135. The maximum atomic E-state index is 13.8.